The van der Waals surface area contributed by atoms with Crippen molar-refractivity contribution in [3.63, 3.8) is 0 Å². The summed E-state index contributed by atoms with van der Waals surface area (Å²) in [5, 5.41) is 3.14. The van der Waals surface area contributed by atoms with E-state index in [0.717, 1.165) is 30.2 Å². The highest BCUT2D eigenvalue weighted by molar-refractivity contribution is 7.80. The highest BCUT2D eigenvalue weighted by Gasteiger charge is 2.19. The molecule has 6 nitrogen and oxygen atoms in total. The first-order valence-corrected chi connectivity index (χ1v) is 7.89. The zero-order chi connectivity index (χ0) is 15.9. The van der Waals surface area contributed by atoms with Gasteiger partial charge in [-0.3, -0.25) is 0 Å². The summed E-state index contributed by atoms with van der Waals surface area (Å²) in [6, 6.07) is 3.86. The molecule has 0 bridgehead atoms. The van der Waals surface area contributed by atoms with Gasteiger partial charge in [0.05, 0.1) is 37.8 Å². The fraction of sp³-hybridized carbons (Fsp3) is 0.533. The summed E-state index contributed by atoms with van der Waals surface area (Å²) in [7, 11) is 0. The number of nitrogens with zero attached hydrogens (tertiary/aromatic N) is 1. The van der Waals surface area contributed by atoms with Crippen LogP contribution in [0.5, 0.6) is 11.5 Å². The third kappa shape index (κ3) is 4.14. The van der Waals surface area contributed by atoms with E-state index in [1.165, 1.54) is 0 Å². The molecule has 0 amide bonds. The van der Waals surface area contributed by atoms with E-state index in [2.05, 4.69) is 10.2 Å². The molecule has 1 heterocycles. The molecule has 22 heavy (non-hydrogen) atoms. The molecular formula is C15H23N3O3S. The predicted molar refractivity (Wildman–Crippen MR) is 92.2 cm³/mol. The number of nitrogens with one attached hydrogen (secondary N) is 1. The first kappa shape index (κ1) is 16.6. The highest BCUT2D eigenvalue weighted by atomic mass is 32.1. The van der Waals surface area contributed by atoms with Crippen LogP contribution in [0.2, 0.25) is 0 Å². The number of anilines is 2. The van der Waals surface area contributed by atoms with Crippen LogP contribution in [0.3, 0.4) is 0 Å². The van der Waals surface area contributed by atoms with Gasteiger partial charge in [0.25, 0.3) is 0 Å². The molecule has 2 rings (SSSR count). The van der Waals surface area contributed by atoms with E-state index in [1.807, 2.05) is 26.0 Å². The number of ether oxygens (including phenoxy) is 3. The number of benzene rings is 1. The molecule has 0 unspecified atom stereocenters. The van der Waals surface area contributed by atoms with Crippen LogP contribution in [0.1, 0.15) is 13.8 Å². The molecule has 7 heteroatoms. The van der Waals surface area contributed by atoms with Crippen molar-refractivity contribution in [2.45, 2.75) is 13.8 Å². The second-order valence-electron chi connectivity index (χ2n) is 4.77. The number of rotatable bonds is 6. The number of hydrogen-bond donors (Lipinski definition) is 2. The topological polar surface area (TPSA) is 69.0 Å². The minimum atomic E-state index is 0.197. The number of hydrogen-bond acceptors (Lipinski definition) is 5. The first-order valence-electron chi connectivity index (χ1n) is 7.48. The fourth-order valence-corrected chi connectivity index (χ4v) is 2.49. The molecule has 122 valence electrons. The Hall–Kier alpha value is -1.73. The van der Waals surface area contributed by atoms with Crippen molar-refractivity contribution >= 4 is 28.7 Å². The third-order valence-corrected chi connectivity index (χ3v) is 3.37. The third-order valence-electron chi connectivity index (χ3n) is 3.27. The lowest BCUT2D eigenvalue weighted by atomic mass is 10.2. The van der Waals surface area contributed by atoms with Crippen molar-refractivity contribution in [1.29, 1.82) is 0 Å². The molecule has 1 saturated heterocycles. The smallest absolute Gasteiger partial charge is 0.168 e. The summed E-state index contributed by atoms with van der Waals surface area (Å²) in [5.74, 6) is 1.49. The number of morpholine rings is 1. The van der Waals surface area contributed by atoms with Gasteiger partial charge in [0.2, 0.25) is 0 Å². The molecule has 1 aliphatic heterocycles. The average molecular weight is 325 g/mol. The van der Waals surface area contributed by atoms with Gasteiger partial charge in [0.15, 0.2) is 5.11 Å². The Balaban J connectivity index is 2.40. The Morgan fingerprint density at radius 2 is 1.86 bits per heavy atom. The van der Waals surface area contributed by atoms with Gasteiger partial charge in [-0.15, -0.1) is 0 Å². The fourth-order valence-electron chi connectivity index (χ4n) is 2.38. The molecule has 0 saturated carbocycles. The lowest BCUT2D eigenvalue weighted by Crippen LogP contribution is -2.36. The summed E-state index contributed by atoms with van der Waals surface area (Å²) in [6.07, 6.45) is 0. The van der Waals surface area contributed by atoms with Gasteiger partial charge in [-0.05, 0) is 26.1 Å². The van der Waals surface area contributed by atoms with Gasteiger partial charge < -0.3 is 30.2 Å². The molecule has 0 spiro atoms. The van der Waals surface area contributed by atoms with Crippen LogP contribution in [0.25, 0.3) is 0 Å². The standard InChI is InChI=1S/C15H23N3O3S/c1-3-20-13-10-12(18-5-7-19-8-6-18)14(21-4-2)9-11(13)17-15(16)22/h9-10H,3-8H2,1-2H3,(H3,16,17,22). The lowest BCUT2D eigenvalue weighted by Gasteiger charge is -2.31. The molecule has 0 aromatic heterocycles. The maximum absolute atomic E-state index is 5.78. The molecule has 1 aromatic carbocycles. The second-order valence-corrected chi connectivity index (χ2v) is 5.21. The van der Waals surface area contributed by atoms with E-state index in [0.29, 0.717) is 32.2 Å². The van der Waals surface area contributed by atoms with Gasteiger partial charge in [0.1, 0.15) is 11.5 Å². The first-order chi connectivity index (χ1) is 10.7. The van der Waals surface area contributed by atoms with Gasteiger partial charge in [-0.25, -0.2) is 0 Å². The Labute approximate surface area is 136 Å². The molecule has 0 atom stereocenters. The van der Waals surface area contributed by atoms with E-state index in [4.69, 9.17) is 32.2 Å². The normalized spacial score (nSPS) is 14.5. The van der Waals surface area contributed by atoms with Crippen molar-refractivity contribution in [1.82, 2.24) is 0 Å². The Bertz CT molecular complexity index is 519. The second kappa shape index (κ2) is 8.05. The molecular weight excluding hydrogens is 302 g/mol. The van der Waals surface area contributed by atoms with E-state index in [-0.39, 0.29) is 5.11 Å². The quantitative estimate of drug-likeness (QED) is 0.775. The van der Waals surface area contributed by atoms with Gasteiger partial charge in [-0.2, -0.15) is 0 Å². The van der Waals surface area contributed by atoms with Crippen LogP contribution in [-0.2, 0) is 4.74 Å². The zero-order valence-electron chi connectivity index (χ0n) is 13.1. The van der Waals surface area contributed by atoms with Crippen LogP contribution in [0, 0.1) is 0 Å². The van der Waals surface area contributed by atoms with Crippen molar-refractivity contribution in [2.75, 3.05) is 49.7 Å². The predicted octanol–water partition coefficient (Wildman–Crippen LogP) is 1.98. The average Bonchev–Trinajstić information content (AvgIpc) is 2.50. The lowest BCUT2D eigenvalue weighted by molar-refractivity contribution is 0.122. The SMILES string of the molecule is CCOc1cc(N2CCOCC2)c(OCC)cc1NC(N)=S. The Kier molecular flexibility index (Phi) is 6.09. The van der Waals surface area contributed by atoms with Crippen LogP contribution in [0.15, 0.2) is 12.1 Å². The number of thiocarbonyl (C=S) groups is 1. The largest absolute Gasteiger partial charge is 0.492 e. The van der Waals surface area contributed by atoms with Gasteiger partial charge in [-0.1, -0.05) is 0 Å². The summed E-state index contributed by atoms with van der Waals surface area (Å²) in [6.45, 7) is 8.11. The van der Waals surface area contributed by atoms with Crippen LogP contribution < -0.4 is 25.4 Å². The van der Waals surface area contributed by atoms with Crippen LogP contribution in [0.4, 0.5) is 11.4 Å². The summed E-state index contributed by atoms with van der Waals surface area (Å²) in [4.78, 5) is 2.24. The Morgan fingerprint density at radius 3 is 2.45 bits per heavy atom. The van der Waals surface area contributed by atoms with E-state index >= 15 is 0 Å². The van der Waals surface area contributed by atoms with E-state index < -0.39 is 0 Å². The Morgan fingerprint density at radius 1 is 1.23 bits per heavy atom. The van der Waals surface area contributed by atoms with Crippen LogP contribution >= 0.6 is 12.2 Å². The van der Waals surface area contributed by atoms with Crippen molar-refractivity contribution in [3.8, 4) is 11.5 Å². The molecule has 3 N–H and O–H groups in total. The number of nitrogens with two attached hydrogens (primary N) is 1. The minimum Gasteiger partial charge on any atom is -0.492 e. The van der Waals surface area contributed by atoms with Crippen molar-refractivity contribution < 1.29 is 14.2 Å². The highest BCUT2D eigenvalue weighted by Crippen LogP contribution is 2.39. The molecule has 1 aromatic rings. The maximum atomic E-state index is 5.78. The summed E-state index contributed by atoms with van der Waals surface area (Å²) in [5.41, 5.74) is 7.31. The van der Waals surface area contributed by atoms with Crippen molar-refractivity contribution in [2.24, 2.45) is 5.73 Å². The summed E-state index contributed by atoms with van der Waals surface area (Å²) >= 11 is 4.93. The van der Waals surface area contributed by atoms with E-state index in [1.54, 1.807) is 0 Å². The molecule has 1 fully saturated rings. The van der Waals surface area contributed by atoms with Gasteiger partial charge >= 0.3 is 0 Å². The van der Waals surface area contributed by atoms with Gasteiger partial charge in [0, 0.05) is 25.2 Å². The minimum absolute atomic E-state index is 0.197. The molecule has 0 aliphatic carbocycles. The zero-order valence-corrected chi connectivity index (χ0v) is 13.9. The maximum Gasteiger partial charge on any atom is 0.168 e. The summed E-state index contributed by atoms with van der Waals surface area (Å²) < 4.78 is 16.9. The van der Waals surface area contributed by atoms with E-state index in [9.17, 15) is 0 Å². The van der Waals surface area contributed by atoms with Crippen LogP contribution in [-0.4, -0.2) is 44.6 Å². The van der Waals surface area contributed by atoms with Crippen molar-refractivity contribution in [3.05, 3.63) is 12.1 Å². The molecule has 1 aliphatic rings. The monoisotopic (exact) mass is 325 g/mol. The molecule has 0 radical (unpaired) electrons.